The summed E-state index contributed by atoms with van der Waals surface area (Å²) in [6, 6.07) is 3.58. The zero-order valence-corrected chi connectivity index (χ0v) is 16.4. The van der Waals surface area contributed by atoms with Crippen LogP contribution < -0.4 is 10.3 Å². The standard InChI is InChI=1S/C21H15F5N2O4/c1-28(20(30)9-2-3-17(14(24)4-9)32-21(25)26)16-8-31-7-15-18(16)10-5-12(22)13(23)6-11(10)19(29)27-15/h2-6,16,21H,7-8H2,1H3,(H,27,29)/t16-/m0/s1. The van der Waals surface area contributed by atoms with E-state index in [0.29, 0.717) is 5.56 Å². The number of likely N-dealkylation sites (N-methyl/N-ethyl adjacent to an activating group) is 1. The molecule has 0 spiro atoms. The van der Waals surface area contributed by atoms with Crippen LogP contribution in [0.2, 0.25) is 0 Å². The third-order valence-corrected chi connectivity index (χ3v) is 5.22. The summed E-state index contributed by atoms with van der Waals surface area (Å²) in [7, 11) is 1.38. The molecule has 2 heterocycles. The van der Waals surface area contributed by atoms with Gasteiger partial charge in [-0.2, -0.15) is 8.78 Å². The van der Waals surface area contributed by atoms with Gasteiger partial charge in [0.25, 0.3) is 11.5 Å². The summed E-state index contributed by atoms with van der Waals surface area (Å²) in [6.45, 7) is -3.29. The summed E-state index contributed by atoms with van der Waals surface area (Å²) in [5.41, 5.74) is -0.160. The van der Waals surface area contributed by atoms with Gasteiger partial charge in [-0.25, -0.2) is 13.2 Å². The van der Waals surface area contributed by atoms with Crippen LogP contribution >= 0.6 is 0 Å². The molecule has 0 radical (unpaired) electrons. The van der Waals surface area contributed by atoms with Gasteiger partial charge >= 0.3 is 6.61 Å². The van der Waals surface area contributed by atoms with Crippen LogP contribution in [0, 0.1) is 17.5 Å². The minimum Gasteiger partial charge on any atom is -0.432 e. The van der Waals surface area contributed by atoms with Crippen molar-refractivity contribution in [3.05, 3.63) is 75.0 Å². The van der Waals surface area contributed by atoms with Crippen LogP contribution in [0.4, 0.5) is 22.0 Å². The van der Waals surface area contributed by atoms with Gasteiger partial charge in [0.1, 0.15) is 0 Å². The number of fused-ring (bicyclic) bond motifs is 3. The van der Waals surface area contributed by atoms with Gasteiger partial charge in [0, 0.05) is 23.9 Å². The number of hydrogen-bond acceptors (Lipinski definition) is 4. The molecule has 168 valence electrons. The van der Waals surface area contributed by atoms with Gasteiger partial charge in [0.2, 0.25) is 0 Å². The lowest BCUT2D eigenvalue weighted by Gasteiger charge is -2.34. The van der Waals surface area contributed by atoms with Gasteiger partial charge in [-0.05, 0) is 35.7 Å². The Morgan fingerprint density at radius 1 is 1.12 bits per heavy atom. The summed E-state index contributed by atoms with van der Waals surface area (Å²) in [6.07, 6.45) is 0. The van der Waals surface area contributed by atoms with Gasteiger partial charge in [-0.1, -0.05) is 0 Å². The number of rotatable bonds is 4. The molecule has 0 aliphatic carbocycles. The van der Waals surface area contributed by atoms with E-state index in [9.17, 15) is 31.5 Å². The fourth-order valence-corrected chi connectivity index (χ4v) is 3.72. The number of aromatic amines is 1. The fourth-order valence-electron chi connectivity index (χ4n) is 3.72. The van der Waals surface area contributed by atoms with E-state index >= 15 is 0 Å². The lowest BCUT2D eigenvalue weighted by atomic mass is 9.95. The van der Waals surface area contributed by atoms with Gasteiger partial charge in [0.05, 0.1) is 24.6 Å². The Labute approximate surface area is 177 Å². The van der Waals surface area contributed by atoms with Crippen molar-refractivity contribution in [1.29, 1.82) is 0 Å². The number of benzene rings is 2. The van der Waals surface area contributed by atoms with E-state index in [4.69, 9.17) is 4.74 Å². The normalized spacial score (nSPS) is 15.7. The van der Waals surface area contributed by atoms with Crippen molar-refractivity contribution in [2.75, 3.05) is 13.7 Å². The smallest absolute Gasteiger partial charge is 0.387 e. The number of hydrogen-bond donors (Lipinski definition) is 1. The molecule has 4 rings (SSSR count). The topological polar surface area (TPSA) is 71.6 Å². The van der Waals surface area contributed by atoms with Crippen LogP contribution in [-0.2, 0) is 11.3 Å². The van der Waals surface area contributed by atoms with E-state index in [1.165, 1.54) is 11.9 Å². The first-order valence-corrected chi connectivity index (χ1v) is 9.30. The molecule has 1 aromatic heterocycles. The molecule has 1 aliphatic rings. The van der Waals surface area contributed by atoms with Crippen LogP contribution in [0.3, 0.4) is 0 Å². The van der Waals surface area contributed by atoms with Gasteiger partial charge in [0.15, 0.2) is 23.2 Å². The number of amides is 1. The van der Waals surface area contributed by atoms with Crippen molar-refractivity contribution in [2.24, 2.45) is 0 Å². The molecule has 1 aliphatic heterocycles. The zero-order chi connectivity index (χ0) is 23.2. The average molecular weight is 454 g/mol. The average Bonchev–Trinajstić information content (AvgIpc) is 2.75. The summed E-state index contributed by atoms with van der Waals surface area (Å²) >= 11 is 0. The molecule has 1 N–H and O–H groups in total. The Morgan fingerprint density at radius 3 is 2.47 bits per heavy atom. The molecule has 1 amide bonds. The lowest BCUT2D eigenvalue weighted by Crippen LogP contribution is -2.37. The number of nitrogens with zero attached hydrogens (tertiary/aromatic N) is 1. The maximum atomic E-state index is 14.1. The summed E-state index contributed by atoms with van der Waals surface area (Å²) in [4.78, 5) is 29.0. The third kappa shape index (κ3) is 3.79. The predicted molar refractivity (Wildman–Crippen MR) is 102 cm³/mol. The molecule has 0 bridgehead atoms. The van der Waals surface area contributed by atoms with Gasteiger partial charge < -0.3 is 19.4 Å². The van der Waals surface area contributed by atoms with Gasteiger partial charge in [-0.15, -0.1) is 0 Å². The lowest BCUT2D eigenvalue weighted by molar-refractivity contribution is -0.0521. The Bertz CT molecular complexity index is 1280. The SMILES string of the molecule is CN(C(=O)c1ccc(OC(F)F)c(F)c1)[C@H]1COCc2[nH]c(=O)c3cc(F)c(F)cc3c21. The van der Waals surface area contributed by atoms with Crippen molar-refractivity contribution in [3.8, 4) is 5.75 Å². The molecule has 3 aromatic rings. The molecule has 11 heteroatoms. The highest BCUT2D eigenvalue weighted by molar-refractivity contribution is 5.95. The number of nitrogens with one attached hydrogen (secondary N) is 1. The third-order valence-electron chi connectivity index (χ3n) is 5.22. The molecular weight excluding hydrogens is 439 g/mol. The second kappa shape index (κ2) is 8.23. The molecule has 0 fully saturated rings. The van der Waals surface area contributed by atoms with E-state index in [1.807, 2.05) is 0 Å². The number of carbonyl (C=O) groups excluding carboxylic acids is 1. The highest BCUT2D eigenvalue weighted by atomic mass is 19.3. The minimum absolute atomic E-state index is 0.0215. The second-order valence-electron chi connectivity index (χ2n) is 7.13. The van der Waals surface area contributed by atoms with Crippen molar-refractivity contribution in [3.63, 3.8) is 0 Å². The first kappa shape index (κ1) is 21.8. The number of aromatic nitrogens is 1. The van der Waals surface area contributed by atoms with E-state index in [-0.39, 0.29) is 35.2 Å². The van der Waals surface area contributed by atoms with E-state index in [0.717, 1.165) is 30.3 Å². The van der Waals surface area contributed by atoms with Crippen molar-refractivity contribution < 1.29 is 36.2 Å². The largest absolute Gasteiger partial charge is 0.432 e. The molecular formula is C21H15F5N2O4. The maximum absolute atomic E-state index is 14.1. The summed E-state index contributed by atoms with van der Waals surface area (Å²) in [5.74, 6) is -4.93. The van der Waals surface area contributed by atoms with E-state index in [1.54, 1.807) is 0 Å². The van der Waals surface area contributed by atoms with Crippen LogP contribution in [-0.4, -0.2) is 36.1 Å². The summed E-state index contributed by atoms with van der Waals surface area (Å²) < 4.78 is 75.9. The Balaban J connectivity index is 1.75. The highest BCUT2D eigenvalue weighted by Crippen LogP contribution is 2.34. The summed E-state index contributed by atoms with van der Waals surface area (Å²) in [5, 5.41) is 0.0115. The van der Waals surface area contributed by atoms with Gasteiger partial charge in [-0.3, -0.25) is 9.59 Å². The molecule has 0 saturated heterocycles. The second-order valence-corrected chi connectivity index (χ2v) is 7.13. The van der Waals surface area contributed by atoms with Crippen LogP contribution in [0.15, 0.2) is 35.1 Å². The van der Waals surface area contributed by atoms with Crippen molar-refractivity contribution >= 4 is 16.7 Å². The molecule has 32 heavy (non-hydrogen) atoms. The van der Waals surface area contributed by atoms with Crippen LogP contribution in [0.5, 0.6) is 5.75 Å². The van der Waals surface area contributed by atoms with Crippen molar-refractivity contribution in [1.82, 2.24) is 9.88 Å². The quantitative estimate of drug-likeness (QED) is 0.608. The van der Waals surface area contributed by atoms with E-state index < -0.39 is 47.3 Å². The molecule has 0 unspecified atom stereocenters. The Morgan fingerprint density at radius 2 is 1.81 bits per heavy atom. The Kier molecular flexibility index (Phi) is 5.59. The first-order valence-electron chi connectivity index (χ1n) is 9.30. The molecule has 2 aromatic carbocycles. The van der Waals surface area contributed by atoms with Crippen LogP contribution in [0.1, 0.15) is 27.7 Å². The maximum Gasteiger partial charge on any atom is 0.387 e. The highest BCUT2D eigenvalue weighted by Gasteiger charge is 2.31. The number of carbonyl (C=O) groups is 1. The molecule has 1 atom stereocenters. The number of alkyl halides is 2. The number of pyridine rings is 1. The van der Waals surface area contributed by atoms with Crippen molar-refractivity contribution in [2.45, 2.75) is 19.3 Å². The fraction of sp³-hybridized carbons (Fsp3) is 0.238. The number of H-pyrrole nitrogens is 1. The number of halogens is 5. The predicted octanol–water partition coefficient (Wildman–Crippen LogP) is 3.89. The molecule has 6 nitrogen and oxygen atoms in total. The molecule has 0 saturated carbocycles. The number of ether oxygens (including phenoxy) is 2. The zero-order valence-electron chi connectivity index (χ0n) is 16.4. The monoisotopic (exact) mass is 454 g/mol. The first-order chi connectivity index (χ1) is 15.2. The van der Waals surface area contributed by atoms with Crippen LogP contribution in [0.25, 0.3) is 10.8 Å². The Hall–Kier alpha value is -3.47. The minimum atomic E-state index is -3.23. The van der Waals surface area contributed by atoms with E-state index in [2.05, 4.69) is 9.72 Å².